The fourth-order valence-corrected chi connectivity index (χ4v) is 3.51. The van der Waals surface area contributed by atoms with Gasteiger partial charge in [-0.2, -0.15) is 0 Å². The van der Waals surface area contributed by atoms with Crippen LogP contribution >= 0.6 is 0 Å². The minimum absolute atomic E-state index is 0.140. The number of ether oxygens (including phenoxy) is 1. The number of amides is 1. The van der Waals surface area contributed by atoms with Gasteiger partial charge in [-0.15, -0.1) is 0 Å². The molecule has 0 radical (unpaired) electrons. The molecule has 1 aromatic rings. The Morgan fingerprint density at radius 1 is 1.36 bits per heavy atom. The third-order valence-corrected chi connectivity index (χ3v) is 4.80. The van der Waals surface area contributed by atoms with Crippen molar-refractivity contribution in [3.05, 3.63) is 29.8 Å². The monoisotopic (exact) mass is 303 g/mol. The maximum absolute atomic E-state index is 12.1. The van der Waals surface area contributed by atoms with Gasteiger partial charge >= 0.3 is 0 Å². The zero-order valence-corrected chi connectivity index (χ0v) is 13.2. The van der Waals surface area contributed by atoms with E-state index >= 15 is 0 Å². The fraction of sp³-hybridized carbons (Fsp3) is 0.588. The van der Waals surface area contributed by atoms with Gasteiger partial charge in [0.05, 0.1) is 13.7 Å². The van der Waals surface area contributed by atoms with Crippen LogP contribution in [0.2, 0.25) is 0 Å². The van der Waals surface area contributed by atoms with Crippen LogP contribution in [0.15, 0.2) is 24.3 Å². The molecule has 2 aliphatic heterocycles. The van der Waals surface area contributed by atoms with Crippen LogP contribution < -0.4 is 15.4 Å². The van der Waals surface area contributed by atoms with Crippen LogP contribution in [0.5, 0.6) is 5.75 Å². The minimum Gasteiger partial charge on any atom is -0.497 e. The first-order chi connectivity index (χ1) is 10.8. The van der Waals surface area contributed by atoms with Crippen LogP contribution in [-0.4, -0.2) is 56.7 Å². The number of benzene rings is 1. The van der Waals surface area contributed by atoms with Crippen molar-refractivity contribution in [2.75, 3.05) is 39.8 Å². The Morgan fingerprint density at radius 2 is 2.18 bits per heavy atom. The molecule has 120 valence electrons. The summed E-state index contributed by atoms with van der Waals surface area (Å²) < 4.78 is 5.14. The number of methoxy groups -OCH3 is 1. The Bertz CT molecular complexity index is 503. The quantitative estimate of drug-likeness (QED) is 0.810. The third kappa shape index (κ3) is 3.59. The predicted octanol–water partition coefficient (Wildman–Crippen LogP) is 0.648. The number of fused-ring (bicyclic) bond motifs is 1. The number of carbonyl (C=O) groups excluding carboxylic acids is 1. The molecule has 2 fully saturated rings. The fourth-order valence-electron chi connectivity index (χ4n) is 3.51. The summed E-state index contributed by atoms with van der Waals surface area (Å²) in [6, 6.07) is 8.55. The van der Waals surface area contributed by atoms with Crippen molar-refractivity contribution in [3.63, 3.8) is 0 Å². The highest BCUT2D eigenvalue weighted by Gasteiger charge is 2.37. The number of hydrogen-bond donors (Lipinski definition) is 2. The summed E-state index contributed by atoms with van der Waals surface area (Å²) in [5.74, 6) is 1.75. The van der Waals surface area contributed by atoms with E-state index in [0.29, 0.717) is 19.1 Å². The van der Waals surface area contributed by atoms with Gasteiger partial charge < -0.3 is 15.4 Å². The molecule has 0 bridgehead atoms. The Balaban J connectivity index is 1.39. The van der Waals surface area contributed by atoms with Crippen molar-refractivity contribution in [2.24, 2.45) is 5.92 Å². The van der Waals surface area contributed by atoms with E-state index in [1.807, 2.05) is 24.3 Å². The Morgan fingerprint density at radius 3 is 2.95 bits per heavy atom. The van der Waals surface area contributed by atoms with Crippen LogP contribution in [-0.2, 0) is 11.2 Å². The van der Waals surface area contributed by atoms with Gasteiger partial charge in [0.25, 0.3) is 0 Å². The van der Waals surface area contributed by atoms with E-state index < -0.39 is 0 Å². The first kappa shape index (κ1) is 15.3. The van der Waals surface area contributed by atoms with Crippen LogP contribution in [0.25, 0.3) is 0 Å². The second-order valence-electron chi connectivity index (χ2n) is 6.19. The van der Waals surface area contributed by atoms with Gasteiger partial charge in [-0.1, -0.05) is 12.1 Å². The number of nitrogens with one attached hydrogen (secondary N) is 2. The molecule has 3 rings (SSSR count). The van der Waals surface area contributed by atoms with Crippen LogP contribution in [0.3, 0.4) is 0 Å². The number of hydrogen-bond acceptors (Lipinski definition) is 4. The summed E-state index contributed by atoms with van der Waals surface area (Å²) in [6.45, 7) is 4.42. The summed E-state index contributed by atoms with van der Waals surface area (Å²) in [5, 5.41) is 6.45. The highest BCUT2D eigenvalue weighted by atomic mass is 16.5. The first-order valence-electron chi connectivity index (χ1n) is 8.10. The van der Waals surface area contributed by atoms with Crippen molar-refractivity contribution >= 4 is 5.91 Å². The molecule has 2 atom stereocenters. The molecule has 5 heteroatoms. The lowest BCUT2D eigenvalue weighted by molar-refractivity contribution is -0.122. The topological polar surface area (TPSA) is 53.6 Å². The van der Waals surface area contributed by atoms with E-state index in [9.17, 15) is 4.79 Å². The van der Waals surface area contributed by atoms with Gasteiger partial charge in [0.15, 0.2) is 0 Å². The van der Waals surface area contributed by atoms with Crippen LogP contribution in [0, 0.1) is 5.92 Å². The maximum Gasteiger partial charge on any atom is 0.234 e. The summed E-state index contributed by atoms with van der Waals surface area (Å²) in [6.07, 6.45) is 2.07. The Labute approximate surface area is 132 Å². The second-order valence-corrected chi connectivity index (χ2v) is 6.19. The van der Waals surface area contributed by atoms with E-state index in [4.69, 9.17) is 4.74 Å². The molecule has 0 aliphatic carbocycles. The smallest absolute Gasteiger partial charge is 0.234 e. The lowest BCUT2D eigenvalue weighted by atomic mass is 10.1. The van der Waals surface area contributed by atoms with Crippen molar-refractivity contribution in [1.82, 2.24) is 15.5 Å². The summed E-state index contributed by atoms with van der Waals surface area (Å²) in [5.41, 5.74) is 1.21. The number of rotatable bonds is 6. The van der Waals surface area contributed by atoms with Crippen LogP contribution in [0.1, 0.15) is 12.0 Å². The normalized spacial score (nSPS) is 24.2. The second kappa shape index (κ2) is 7.11. The van der Waals surface area contributed by atoms with Crippen molar-refractivity contribution in [1.29, 1.82) is 0 Å². The Kier molecular flexibility index (Phi) is 4.95. The standard InChI is InChI=1S/C17H25N3O2/c1-22-15-4-2-13(3-5-15)6-8-19-17(21)12-20-9-7-14-10-18-11-16(14)20/h2-5,14,16,18H,6-12H2,1H3,(H,19,21)/t14-,16+/m0/s1. The molecule has 1 amide bonds. The number of likely N-dealkylation sites (tertiary alicyclic amines) is 1. The maximum atomic E-state index is 12.1. The molecular formula is C17H25N3O2. The highest BCUT2D eigenvalue weighted by molar-refractivity contribution is 5.78. The SMILES string of the molecule is COc1ccc(CCNC(=O)CN2CC[C@H]3CNC[C@H]32)cc1. The lowest BCUT2D eigenvalue weighted by Gasteiger charge is -2.22. The molecule has 2 saturated heterocycles. The molecule has 2 aliphatic rings. The molecule has 0 unspecified atom stereocenters. The zero-order valence-electron chi connectivity index (χ0n) is 13.2. The average molecular weight is 303 g/mol. The summed E-state index contributed by atoms with van der Waals surface area (Å²) in [7, 11) is 1.66. The third-order valence-electron chi connectivity index (χ3n) is 4.80. The summed E-state index contributed by atoms with van der Waals surface area (Å²) >= 11 is 0. The number of carbonyl (C=O) groups is 1. The number of nitrogens with zero attached hydrogens (tertiary/aromatic N) is 1. The minimum atomic E-state index is 0.140. The van der Waals surface area contributed by atoms with Crippen molar-refractivity contribution in [3.8, 4) is 5.75 Å². The molecule has 1 aromatic carbocycles. The molecule has 0 aromatic heterocycles. The van der Waals surface area contributed by atoms with Gasteiger partial charge in [-0.25, -0.2) is 0 Å². The van der Waals surface area contributed by atoms with E-state index in [2.05, 4.69) is 15.5 Å². The van der Waals surface area contributed by atoms with Gasteiger partial charge in [0.2, 0.25) is 5.91 Å². The molecule has 0 saturated carbocycles. The molecule has 22 heavy (non-hydrogen) atoms. The van der Waals surface area contributed by atoms with E-state index in [0.717, 1.165) is 37.7 Å². The van der Waals surface area contributed by atoms with Crippen molar-refractivity contribution in [2.45, 2.75) is 18.9 Å². The van der Waals surface area contributed by atoms with E-state index in [1.165, 1.54) is 12.0 Å². The molecule has 2 N–H and O–H groups in total. The molecular weight excluding hydrogens is 278 g/mol. The first-order valence-corrected chi connectivity index (χ1v) is 8.10. The zero-order chi connectivity index (χ0) is 15.4. The molecule has 2 heterocycles. The summed E-state index contributed by atoms with van der Waals surface area (Å²) in [4.78, 5) is 14.4. The van der Waals surface area contributed by atoms with Gasteiger partial charge in [0, 0.05) is 19.1 Å². The highest BCUT2D eigenvalue weighted by Crippen LogP contribution is 2.26. The average Bonchev–Trinajstić information content (AvgIpc) is 3.13. The van der Waals surface area contributed by atoms with Gasteiger partial charge in [-0.3, -0.25) is 9.69 Å². The largest absolute Gasteiger partial charge is 0.497 e. The van der Waals surface area contributed by atoms with E-state index in [1.54, 1.807) is 7.11 Å². The van der Waals surface area contributed by atoms with E-state index in [-0.39, 0.29) is 5.91 Å². The predicted molar refractivity (Wildman–Crippen MR) is 86.0 cm³/mol. The lowest BCUT2D eigenvalue weighted by Crippen LogP contribution is -2.42. The van der Waals surface area contributed by atoms with Crippen LogP contribution in [0.4, 0.5) is 0 Å². The Hall–Kier alpha value is -1.59. The van der Waals surface area contributed by atoms with Crippen molar-refractivity contribution < 1.29 is 9.53 Å². The molecule has 0 spiro atoms. The molecule has 5 nitrogen and oxygen atoms in total. The van der Waals surface area contributed by atoms with Gasteiger partial charge in [-0.05, 0) is 49.5 Å². The van der Waals surface area contributed by atoms with Gasteiger partial charge in [0.1, 0.15) is 5.75 Å².